The van der Waals surface area contributed by atoms with Crippen molar-refractivity contribution in [3.8, 4) is 5.75 Å². The van der Waals surface area contributed by atoms with Gasteiger partial charge in [-0.25, -0.2) is 4.31 Å². The van der Waals surface area contributed by atoms with Gasteiger partial charge in [-0.15, -0.1) is 0 Å². The van der Waals surface area contributed by atoms with Gasteiger partial charge in [0.1, 0.15) is 18.3 Å². The molecule has 0 unspecified atom stereocenters. The Hall–Kier alpha value is -3.11. The minimum Gasteiger partial charge on any atom is -0.497 e. The third-order valence-corrected chi connectivity index (χ3v) is 9.31. The van der Waals surface area contributed by atoms with E-state index in [-0.39, 0.29) is 18.5 Å². The van der Waals surface area contributed by atoms with Crippen LogP contribution < -0.4 is 14.4 Å². The standard InChI is InChI=1S/C30H44N4O5S/c1-7-27(30(36)31-25-11-9-8-10-12-25)33(20-24-15-17-26(39-6)18-16-24)29(35)21-34(40(37,38)32(4)5)28-19-22(2)13-14-23(28)3/h13-19,25,27H,7-12,20-21H2,1-6H3,(H,31,36)/t27-/m1/s1. The van der Waals surface area contributed by atoms with E-state index < -0.39 is 28.7 Å². The second kappa shape index (κ2) is 14.0. The number of carbonyl (C=O) groups is 2. The van der Waals surface area contributed by atoms with Crippen molar-refractivity contribution in [3.05, 3.63) is 59.2 Å². The monoisotopic (exact) mass is 572 g/mol. The molecule has 10 heteroatoms. The Balaban J connectivity index is 1.99. The van der Waals surface area contributed by atoms with Crippen molar-refractivity contribution in [3.63, 3.8) is 0 Å². The van der Waals surface area contributed by atoms with Gasteiger partial charge in [-0.3, -0.25) is 9.59 Å². The first-order valence-electron chi connectivity index (χ1n) is 14.0. The van der Waals surface area contributed by atoms with Crippen molar-refractivity contribution in [1.82, 2.24) is 14.5 Å². The average Bonchev–Trinajstić information content (AvgIpc) is 2.93. The lowest BCUT2D eigenvalue weighted by Crippen LogP contribution is -2.54. The van der Waals surface area contributed by atoms with E-state index in [9.17, 15) is 18.0 Å². The van der Waals surface area contributed by atoms with Crippen molar-refractivity contribution in [2.45, 2.75) is 77.9 Å². The lowest BCUT2D eigenvalue weighted by Gasteiger charge is -2.35. The van der Waals surface area contributed by atoms with E-state index in [0.717, 1.165) is 51.0 Å². The highest BCUT2D eigenvalue weighted by atomic mass is 32.2. The molecule has 0 aromatic heterocycles. The summed E-state index contributed by atoms with van der Waals surface area (Å²) >= 11 is 0. The van der Waals surface area contributed by atoms with E-state index in [2.05, 4.69) is 5.32 Å². The van der Waals surface area contributed by atoms with E-state index in [1.807, 2.05) is 45.0 Å². The fourth-order valence-electron chi connectivity index (χ4n) is 5.08. The minimum atomic E-state index is -4.02. The summed E-state index contributed by atoms with van der Waals surface area (Å²) in [5.41, 5.74) is 2.85. The van der Waals surface area contributed by atoms with Crippen LogP contribution in [0.25, 0.3) is 0 Å². The molecule has 0 heterocycles. The fraction of sp³-hybridized carbons (Fsp3) is 0.533. The number of hydrogen-bond acceptors (Lipinski definition) is 5. The summed E-state index contributed by atoms with van der Waals surface area (Å²) in [7, 11) is 0.457. The van der Waals surface area contributed by atoms with E-state index in [0.29, 0.717) is 17.9 Å². The van der Waals surface area contributed by atoms with Gasteiger partial charge in [0.05, 0.1) is 12.8 Å². The number of amides is 2. The minimum absolute atomic E-state index is 0.0915. The molecule has 0 spiro atoms. The van der Waals surface area contributed by atoms with Gasteiger partial charge in [0, 0.05) is 26.7 Å². The molecule has 40 heavy (non-hydrogen) atoms. The van der Waals surface area contributed by atoms with Crippen LogP contribution >= 0.6 is 0 Å². The van der Waals surface area contributed by atoms with Gasteiger partial charge in [0.2, 0.25) is 11.8 Å². The van der Waals surface area contributed by atoms with Crippen LogP contribution in [0.2, 0.25) is 0 Å². The highest BCUT2D eigenvalue weighted by molar-refractivity contribution is 7.90. The largest absolute Gasteiger partial charge is 0.497 e. The van der Waals surface area contributed by atoms with Gasteiger partial charge in [-0.2, -0.15) is 12.7 Å². The van der Waals surface area contributed by atoms with Crippen molar-refractivity contribution < 1.29 is 22.7 Å². The smallest absolute Gasteiger partial charge is 0.304 e. The number of hydrogen-bond donors (Lipinski definition) is 1. The lowest BCUT2D eigenvalue weighted by atomic mass is 9.95. The molecule has 1 aliphatic carbocycles. The second-order valence-corrected chi connectivity index (χ2v) is 12.8. The molecule has 1 N–H and O–H groups in total. The first-order valence-corrected chi connectivity index (χ1v) is 15.4. The molecule has 1 aliphatic rings. The summed E-state index contributed by atoms with van der Waals surface area (Å²) in [4.78, 5) is 29.2. The molecule has 2 aromatic carbocycles. The summed E-state index contributed by atoms with van der Waals surface area (Å²) in [5.74, 6) is 0.0275. The molecular formula is C30H44N4O5S. The van der Waals surface area contributed by atoms with Crippen LogP contribution in [0, 0.1) is 13.8 Å². The van der Waals surface area contributed by atoms with E-state index >= 15 is 0 Å². The third kappa shape index (κ3) is 7.75. The van der Waals surface area contributed by atoms with E-state index in [4.69, 9.17) is 4.74 Å². The predicted molar refractivity (Wildman–Crippen MR) is 159 cm³/mol. The Kier molecular flexibility index (Phi) is 11.0. The van der Waals surface area contributed by atoms with Crippen molar-refractivity contribution in [2.75, 3.05) is 32.1 Å². The molecule has 0 radical (unpaired) electrons. The highest BCUT2D eigenvalue weighted by Gasteiger charge is 2.35. The zero-order valence-electron chi connectivity index (χ0n) is 24.6. The van der Waals surface area contributed by atoms with Gasteiger partial charge >= 0.3 is 10.2 Å². The van der Waals surface area contributed by atoms with Crippen LogP contribution in [0.1, 0.15) is 62.1 Å². The predicted octanol–water partition coefficient (Wildman–Crippen LogP) is 4.18. The number of anilines is 1. The number of rotatable bonds is 12. The molecule has 9 nitrogen and oxygen atoms in total. The number of benzene rings is 2. The normalized spacial score (nSPS) is 15.0. The van der Waals surface area contributed by atoms with Crippen molar-refractivity contribution in [2.24, 2.45) is 0 Å². The third-order valence-electron chi connectivity index (χ3n) is 7.50. The van der Waals surface area contributed by atoms with E-state index in [1.165, 1.54) is 25.4 Å². The van der Waals surface area contributed by atoms with Gasteiger partial charge in [-0.05, 0) is 68.0 Å². The number of methoxy groups -OCH3 is 1. The Morgan fingerprint density at radius 1 is 1.02 bits per heavy atom. The molecule has 220 valence electrons. The number of ether oxygens (including phenoxy) is 1. The summed E-state index contributed by atoms with van der Waals surface area (Å²) in [6.45, 7) is 5.29. The number of aryl methyl sites for hydroxylation is 2. The molecule has 0 saturated heterocycles. The van der Waals surface area contributed by atoms with Crippen LogP contribution in [-0.2, 0) is 26.3 Å². The summed E-state index contributed by atoms with van der Waals surface area (Å²) in [5, 5.41) is 3.17. The summed E-state index contributed by atoms with van der Waals surface area (Å²) in [6, 6.07) is 12.2. The Labute approximate surface area is 239 Å². The molecule has 1 fully saturated rings. The number of carbonyl (C=O) groups excluding carboxylic acids is 2. The quantitative estimate of drug-likeness (QED) is 0.411. The molecule has 1 atom stereocenters. The average molecular weight is 573 g/mol. The summed E-state index contributed by atoms with van der Waals surface area (Å²) in [6.07, 6.45) is 5.56. The van der Waals surface area contributed by atoms with Gasteiger partial charge in [0.25, 0.3) is 0 Å². The zero-order chi connectivity index (χ0) is 29.4. The number of nitrogens with one attached hydrogen (secondary N) is 1. The molecule has 0 bridgehead atoms. The Morgan fingerprint density at radius 2 is 1.68 bits per heavy atom. The lowest BCUT2D eigenvalue weighted by molar-refractivity contribution is -0.140. The molecule has 1 saturated carbocycles. The van der Waals surface area contributed by atoms with Crippen LogP contribution in [0.15, 0.2) is 42.5 Å². The maximum atomic E-state index is 14.1. The summed E-state index contributed by atoms with van der Waals surface area (Å²) < 4.78 is 34.5. The maximum absolute atomic E-state index is 14.1. The molecule has 2 amide bonds. The highest BCUT2D eigenvalue weighted by Crippen LogP contribution is 2.26. The first-order chi connectivity index (χ1) is 19.0. The number of nitrogens with zero attached hydrogens (tertiary/aromatic N) is 3. The molecule has 0 aliphatic heterocycles. The van der Waals surface area contributed by atoms with Crippen LogP contribution in [0.5, 0.6) is 5.75 Å². The Bertz CT molecular complexity index is 1260. The van der Waals surface area contributed by atoms with Gasteiger partial charge in [0.15, 0.2) is 0 Å². The van der Waals surface area contributed by atoms with Gasteiger partial charge < -0.3 is 15.0 Å². The van der Waals surface area contributed by atoms with Crippen LogP contribution in [0.3, 0.4) is 0 Å². The molecule has 2 aromatic rings. The van der Waals surface area contributed by atoms with Crippen LogP contribution in [-0.4, -0.2) is 69.3 Å². The first kappa shape index (κ1) is 31.4. The van der Waals surface area contributed by atoms with Crippen LogP contribution in [0.4, 0.5) is 5.69 Å². The van der Waals surface area contributed by atoms with Crippen molar-refractivity contribution in [1.29, 1.82) is 0 Å². The maximum Gasteiger partial charge on any atom is 0.304 e. The fourth-order valence-corrected chi connectivity index (χ4v) is 6.19. The van der Waals surface area contributed by atoms with E-state index in [1.54, 1.807) is 25.3 Å². The topological polar surface area (TPSA) is 99.3 Å². The van der Waals surface area contributed by atoms with Gasteiger partial charge in [-0.1, -0.05) is 50.5 Å². The zero-order valence-corrected chi connectivity index (χ0v) is 25.5. The van der Waals surface area contributed by atoms with Crippen molar-refractivity contribution >= 4 is 27.7 Å². The SMILES string of the molecule is CC[C@H](C(=O)NC1CCCCC1)N(Cc1ccc(OC)cc1)C(=O)CN(c1cc(C)ccc1C)S(=O)(=O)N(C)C. The second-order valence-electron chi connectivity index (χ2n) is 10.7. The Morgan fingerprint density at radius 3 is 2.25 bits per heavy atom. The molecule has 3 rings (SSSR count). The molecular weight excluding hydrogens is 528 g/mol.